The Hall–Kier alpha value is -2.43. The summed E-state index contributed by atoms with van der Waals surface area (Å²) in [5.41, 5.74) is 3.51. The van der Waals surface area contributed by atoms with Gasteiger partial charge in [-0.15, -0.1) is 0 Å². The van der Waals surface area contributed by atoms with Crippen molar-refractivity contribution in [3.63, 3.8) is 0 Å². The van der Waals surface area contributed by atoms with Crippen molar-refractivity contribution in [3.8, 4) is 5.69 Å². The first kappa shape index (κ1) is 12.6. The van der Waals surface area contributed by atoms with Crippen LogP contribution in [-0.2, 0) is 9.59 Å². The van der Waals surface area contributed by atoms with Gasteiger partial charge in [0.05, 0.1) is 17.3 Å². The molecule has 2 aromatic rings. The van der Waals surface area contributed by atoms with E-state index in [1.165, 1.54) is 0 Å². The molecule has 1 N–H and O–H groups in total. The lowest BCUT2D eigenvalue weighted by atomic mass is 9.96. The number of aryl methyl sites for hydroxylation is 1. The Bertz CT molecular complexity index is 689. The molecule has 1 aliphatic rings. The maximum absolute atomic E-state index is 11.9. The van der Waals surface area contributed by atoms with E-state index in [2.05, 4.69) is 10.4 Å². The van der Waals surface area contributed by atoms with E-state index in [9.17, 15) is 9.59 Å². The molecule has 0 bridgehead atoms. The molecular weight excluding hydrogens is 254 g/mol. The van der Waals surface area contributed by atoms with Gasteiger partial charge in [-0.1, -0.05) is 18.2 Å². The lowest BCUT2D eigenvalue weighted by Gasteiger charge is -2.08. The fourth-order valence-corrected chi connectivity index (χ4v) is 2.77. The topological polar surface area (TPSA) is 64.0 Å². The van der Waals surface area contributed by atoms with Crippen molar-refractivity contribution in [1.29, 1.82) is 0 Å². The number of carbonyl (C=O) groups excluding carboxylic acids is 2. The number of aromatic nitrogens is 2. The summed E-state index contributed by atoms with van der Waals surface area (Å²) in [4.78, 5) is 23.2. The third-order valence-corrected chi connectivity index (χ3v) is 3.67. The Morgan fingerprint density at radius 1 is 1.20 bits per heavy atom. The fourth-order valence-electron chi connectivity index (χ4n) is 2.77. The highest BCUT2D eigenvalue weighted by Gasteiger charge is 2.35. The molecular formula is C15H15N3O2. The van der Waals surface area contributed by atoms with Crippen molar-refractivity contribution in [2.45, 2.75) is 26.2 Å². The molecule has 1 atom stereocenters. The van der Waals surface area contributed by atoms with Crippen LogP contribution in [0.2, 0.25) is 0 Å². The Morgan fingerprint density at radius 3 is 2.50 bits per heavy atom. The number of hydrogen-bond acceptors (Lipinski definition) is 3. The van der Waals surface area contributed by atoms with Crippen molar-refractivity contribution < 1.29 is 9.59 Å². The van der Waals surface area contributed by atoms with E-state index in [1.807, 2.05) is 48.9 Å². The van der Waals surface area contributed by atoms with Gasteiger partial charge in [0.2, 0.25) is 11.8 Å². The second-order valence-corrected chi connectivity index (χ2v) is 5.00. The lowest BCUT2D eigenvalue weighted by Crippen LogP contribution is -2.21. The van der Waals surface area contributed by atoms with Crippen LogP contribution in [0.5, 0.6) is 0 Å². The molecule has 1 fully saturated rings. The maximum Gasteiger partial charge on any atom is 0.234 e. The predicted octanol–water partition coefficient (Wildman–Crippen LogP) is 1.62. The number of imide groups is 1. The second kappa shape index (κ2) is 4.59. The zero-order chi connectivity index (χ0) is 14.3. The van der Waals surface area contributed by atoms with Gasteiger partial charge in [0, 0.05) is 17.7 Å². The normalized spacial score (nSPS) is 18.4. The summed E-state index contributed by atoms with van der Waals surface area (Å²) >= 11 is 0. The van der Waals surface area contributed by atoms with Crippen molar-refractivity contribution in [2.24, 2.45) is 0 Å². The minimum absolute atomic E-state index is 0.209. The third-order valence-electron chi connectivity index (χ3n) is 3.67. The highest BCUT2D eigenvalue weighted by molar-refractivity contribution is 6.06. The van der Waals surface area contributed by atoms with Gasteiger partial charge in [-0.2, -0.15) is 5.10 Å². The van der Waals surface area contributed by atoms with E-state index in [0.717, 1.165) is 22.6 Å². The number of para-hydroxylation sites is 1. The van der Waals surface area contributed by atoms with Gasteiger partial charge in [-0.05, 0) is 26.0 Å². The molecule has 3 rings (SSSR count). The van der Waals surface area contributed by atoms with Crippen molar-refractivity contribution in [1.82, 2.24) is 15.1 Å². The Kier molecular flexibility index (Phi) is 2.89. The molecule has 20 heavy (non-hydrogen) atoms. The zero-order valence-electron chi connectivity index (χ0n) is 11.4. The van der Waals surface area contributed by atoms with E-state index in [0.29, 0.717) is 0 Å². The van der Waals surface area contributed by atoms with Crippen molar-refractivity contribution in [2.75, 3.05) is 0 Å². The van der Waals surface area contributed by atoms with Crippen molar-refractivity contribution in [3.05, 3.63) is 47.3 Å². The van der Waals surface area contributed by atoms with E-state index < -0.39 is 5.92 Å². The van der Waals surface area contributed by atoms with Crippen LogP contribution in [0.25, 0.3) is 5.69 Å². The Balaban J connectivity index is 2.08. The fraction of sp³-hybridized carbons (Fsp3) is 0.267. The number of amides is 2. The van der Waals surface area contributed by atoms with Gasteiger partial charge in [0.15, 0.2) is 0 Å². The van der Waals surface area contributed by atoms with Crippen LogP contribution in [-0.4, -0.2) is 21.6 Å². The molecule has 1 aromatic carbocycles. The van der Waals surface area contributed by atoms with Gasteiger partial charge in [0.25, 0.3) is 0 Å². The quantitative estimate of drug-likeness (QED) is 0.843. The number of rotatable bonds is 2. The average molecular weight is 269 g/mol. The summed E-state index contributed by atoms with van der Waals surface area (Å²) in [7, 11) is 0. The smallest absolute Gasteiger partial charge is 0.234 e. The summed E-state index contributed by atoms with van der Waals surface area (Å²) in [5.74, 6) is -0.861. The Morgan fingerprint density at radius 2 is 1.90 bits per heavy atom. The number of carbonyl (C=O) groups is 2. The van der Waals surface area contributed by atoms with Crippen LogP contribution < -0.4 is 5.32 Å². The molecule has 1 aromatic heterocycles. The maximum atomic E-state index is 11.9. The first-order valence-corrected chi connectivity index (χ1v) is 6.53. The zero-order valence-corrected chi connectivity index (χ0v) is 11.4. The molecule has 0 radical (unpaired) electrons. The lowest BCUT2D eigenvalue weighted by molar-refractivity contribution is -0.125. The largest absolute Gasteiger partial charge is 0.296 e. The summed E-state index contributed by atoms with van der Waals surface area (Å²) < 4.78 is 1.82. The van der Waals surface area contributed by atoms with Gasteiger partial charge in [0.1, 0.15) is 0 Å². The molecule has 0 unspecified atom stereocenters. The van der Waals surface area contributed by atoms with Gasteiger partial charge < -0.3 is 0 Å². The van der Waals surface area contributed by atoms with E-state index in [1.54, 1.807) is 0 Å². The first-order chi connectivity index (χ1) is 9.58. The SMILES string of the molecule is Cc1nn(-c2ccccc2)c(C)c1[C@@H]1CC(=O)NC1=O. The van der Waals surface area contributed by atoms with Crippen LogP contribution in [0, 0.1) is 13.8 Å². The van der Waals surface area contributed by atoms with Crippen LogP contribution >= 0.6 is 0 Å². The average Bonchev–Trinajstić information content (AvgIpc) is 2.90. The standard InChI is InChI=1S/C15H15N3O2/c1-9-14(12-8-13(19)16-15(12)20)10(2)18(17-9)11-6-4-3-5-7-11/h3-7,12H,8H2,1-2H3,(H,16,19,20)/t12-/m0/s1. The van der Waals surface area contributed by atoms with Crippen LogP contribution in [0.1, 0.15) is 29.3 Å². The minimum atomic E-state index is -0.417. The predicted molar refractivity (Wildman–Crippen MR) is 73.5 cm³/mol. The number of hydrogen-bond donors (Lipinski definition) is 1. The monoisotopic (exact) mass is 269 g/mol. The van der Waals surface area contributed by atoms with Gasteiger partial charge >= 0.3 is 0 Å². The molecule has 0 saturated carbocycles. The number of benzene rings is 1. The van der Waals surface area contributed by atoms with Gasteiger partial charge in [-0.3, -0.25) is 14.9 Å². The number of nitrogens with one attached hydrogen (secondary N) is 1. The van der Waals surface area contributed by atoms with Crippen LogP contribution in [0.3, 0.4) is 0 Å². The Labute approximate surface area is 116 Å². The van der Waals surface area contributed by atoms with Crippen LogP contribution in [0.4, 0.5) is 0 Å². The minimum Gasteiger partial charge on any atom is -0.296 e. The molecule has 5 heteroatoms. The second-order valence-electron chi connectivity index (χ2n) is 5.00. The third kappa shape index (κ3) is 1.91. The van der Waals surface area contributed by atoms with E-state index in [-0.39, 0.29) is 18.2 Å². The molecule has 2 amide bonds. The first-order valence-electron chi connectivity index (χ1n) is 6.53. The van der Waals surface area contributed by atoms with Crippen LogP contribution in [0.15, 0.2) is 30.3 Å². The van der Waals surface area contributed by atoms with E-state index >= 15 is 0 Å². The molecule has 0 aliphatic carbocycles. The summed E-state index contributed by atoms with van der Waals surface area (Å²) in [6.07, 6.45) is 0.209. The molecule has 2 heterocycles. The van der Waals surface area contributed by atoms with E-state index in [4.69, 9.17) is 0 Å². The molecule has 102 valence electrons. The summed E-state index contributed by atoms with van der Waals surface area (Å²) in [6, 6.07) is 9.75. The highest BCUT2D eigenvalue weighted by Crippen LogP contribution is 2.30. The molecule has 5 nitrogen and oxygen atoms in total. The summed E-state index contributed by atoms with van der Waals surface area (Å²) in [5, 5.41) is 6.86. The molecule has 1 aliphatic heterocycles. The van der Waals surface area contributed by atoms with Crippen molar-refractivity contribution >= 4 is 11.8 Å². The molecule has 1 saturated heterocycles. The number of nitrogens with zero attached hydrogens (tertiary/aromatic N) is 2. The molecule has 0 spiro atoms. The van der Waals surface area contributed by atoms with Gasteiger partial charge in [-0.25, -0.2) is 4.68 Å². The highest BCUT2D eigenvalue weighted by atomic mass is 16.2. The summed E-state index contributed by atoms with van der Waals surface area (Å²) in [6.45, 7) is 3.80.